The van der Waals surface area contributed by atoms with Crippen LogP contribution < -0.4 is 15.7 Å². The van der Waals surface area contributed by atoms with Gasteiger partial charge in [0.2, 0.25) is 0 Å². The number of nitrogens with zero attached hydrogens (tertiary/aromatic N) is 1. The van der Waals surface area contributed by atoms with Crippen LogP contribution in [0.25, 0.3) is 32.5 Å². The van der Waals surface area contributed by atoms with Crippen LogP contribution in [0.2, 0.25) is 0 Å². The standard InChI is InChI=1S/C25H16BNS/c1-2-9-17(10-3-1)23-19-12-5-7-15-22(19)28-25(23)26-20-13-6-4-11-18(20)24-21(26)14-8-16-27-24/h1-16H. The van der Waals surface area contributed by atoms with Crippen LogP contribution in [0.15, 0.2) is 97.2 Å². The Bertz CT molecular complexity index is 1280. The molecular formula is C25H16BNS. The van der Waals surface area contributed by atoms with Crippen LogP contribution in [0.5, 0.6) is 0 Å². The first-order valence-corrected chi connectivity index (χ1v) is 10.3. The first-order chi connectivity index (χ1) is 13.9. The monoisotopic (exact) mass is 373 g/mol. The third-order valence-corrected chi connectivity index (χ3v) is 6.86. The molecule has 0 amide bonds. The molecule has 3 heterocycles. The van der Waals surface area contributed by atoms with Gasteiger partial charge in [-0.1, -0.05) is 84.3 Å². The molecule has 28 heavy (non-hydrogen) atoms. The van der Waals surface area contributed by atoms with Crippen LogP contribution in [0.1, 0.15) is 0 Å². The molecule has 1 nitrogen and oxygen atoms in total. The number of benzene rings is 3. The van der Waals surface area contributed by atoms with E-state index in [0.29, 0.717) is 0 Å². The van der Waals surface area contributed by atoms with E-state index in [0.717, 1.165) is 5.69 Å². The Kier molecular flexibility index (Phi) is 3.50. The van der Waals surface area contributed by atoms with Crippen LogP contribution in [0.4, 0.5) is 0 Å². The van der Waals surface area contributed by atoms with Crippen molar-refractivity contribution in [1.29, 1.82) is 0 Å². The molecule has 0 saturated carbocycles. The van der Waals surface area contributed by atoms with Crippen molar-refractivity contribution >= 4 is 43.8 Å². The fourth-order valence-corrected chi connectivity index (χ4v) is 5.83. The second-order valence-corrected chi connectivity index (χ2v) is 8.25. The van der Waals surface area contributed by atoms with Gasteiger partial charge in [-0.05, 0) is 44.4 Å². The summed E-state index contributed by atoms with van der Waals surface area (Å²) >= 11 is 1.92. The molecule has 0 unspecified atom stereocenters. The molecule has 0 spiro atoms. The van der Waals surface area contributed by atoms with Gasteiger partial charge in [-0.2, -0.15) is 0 Å². The lowest BCUT2D eigenvalue weighted by Gasteiger charge is -2.12. The van der Waals surface area contributed by atoms with Crippen LogP contribution in [0, 0.1) is 0 Å². The van der Waals surface area contributed by atoms with E-state index in [2.05, 4.69) is 91.0 Å². The lowest BCUT2D eigenvalue weighted by Crippen LogP contribution is -2.48. The molecule has 130 valence electrons. The van der Waals surface area contributed by atoms with Crippen molar-refractivity contribution in [3.63, 3.8) is 0 Å². The zero-order valence-electron chi connectivity index (χ0n) is 15.2. The summed E-state index contributed by atoms with van der Waals surface area (Å²) < 4.78 is 2.75. The normalized spacial score (nSPS) is 12.2. The maximum atomic E-state index is 4.74. The predicted molar refractivity (Wildman–Crippen MR) is 122 cm³/mol. The average molecular weight is 373 g/mol. The SMILES string of the molecule is c1ccc(-c2c(B3c4ccccc4-c4ncccc43)sc3ccccc23)cc1. The van der Waals surface area contributed by atoms with Crippen LogP contribution in [0.3, 0.4) is 0 Å². The molecule has 0 aliphatic carbocycles. The van der Waals surface area contributed by atoms with Crippen molar-refractivity contribution in [2.24, 2.45) is 0 Å². The Hall–Kier alpha value is -3.17. The summed E-state index contributed by atoms with van der Waals surface area (Å²) in [4.78, 5) is 4.74. The molecule has 0 atom stereocenters. The van der Waals surface area contributed by atoms with Gasteiger partial charge in [0, 0.05) is 10.9 Å². The van der Waals surface area contributed by atoms with Gasteiger partial charge < -0.3 is 0 Å². The Morgan fingerprint density at radius 1 is 0.679 bits per heavy atom. The summed E-state index contributed by atoms with van der Waals surface area (Å²) in [6.45, 7) is 0.229. The second kappa shape index (κ2) is 6.18. The summed E-state index contributed by atoms with van der Waals surface area (Å²) in [7, 11) is 0. The second-order valence-electron chi connectivity index (χ2n) is 7.16. The Balaban J connectivity index is 1.71. The number of fused-ring (bicyclic) bond motifs is 4. The highest BCUT2D eigenvalue weighted by Gasteiger charge is 2.37. The Morgan fingerprint density at radius 3 is 2.36 bits per heavy atom. The van der Waals surface area contributed by atoms with E-state index >= 15 is 0 Å². The molecule has 3 heteroatoms. The van der Waals surface area contributed by atoms with Crippen molar-refractivity contribution in [2.75, 3.05) is 0 Å². The largest absolute Gasteiger partial charge is 0.258 e. The summed E-state index contributed by atoms with van der Waals surface area (Å²) in [6, 6.07) is 32.6. The van der Waals surface area contributed by atoms with Gasteiger partial charge in [0.25, 0.3) is 6.71 Å². The summed E-state index contributed by atoms with van der Waals surface area (Å²) in [6.07, 6.45) is 1.90. The molecule has 1 aliphatic rings. The van der Waals surface area contributed by atoms with E-state index in [4.69, 9.17) is 4.98 Å². The molecule has 1 aliphatic heterocycles. The van der Waals surface area contributed by atoms with Crippen molar-refractivity contribution in [3.05, 3.63) is 97.2 Å². The average Bonchev–Trinajstić information content (AvgIpc) is 3.30. The van der Waals surface area contributed by atoms with Crippen LogP contribution >= 0.6 is 11.3 Å². The van der Waals surface area contributed by atoms with Gasteiger partial charge in [0.15, 0.2) is 0 Å². The third kappa shape index (κ3) is 2.23. The highest BCUT2D eigenvalue weighted by Crippen LogP contribution is 2.34. The maximum Gasteiger partial charge on any atom is 0.258 e. The molecular weight excluding hydrogens is 357 g/mol. The van der Waals surface area contributed by atoms with Gasteiger partial charge in [0.1, 0.15) is 0 Å². The zero-order valence-corrected chi connectivity index (χ0v) is 16.0. The van der Waals surface area contributed by atoms with Gasteiger partial charge in [-0.3, -0.25) is 4.98 Å². The molecule has 0 saturated heterocycles. The highest BCUT2D eigenvalue weighted by atomic mass is 32.1. The van der Waals surface area contributed by atoms with Gasteiger partial charge in [-0.15, -0.1) is 11.3 Å². The molecule has 0 bridgehead atoms. The third-order valence-electron chi connectivity index (χ3n) is 5.62. The van der Waals surface area contributed by atoms with Crippen molar-refractivity contribution in [3.8, 4) is 22.4 Å². The lowest BCUT2D eigenvalue weighted by atomic mass is 9.41. The van der Waals surface area contributed by atoms with E-state index in [1.165, 1.54) is 42.5 Å². The Labute approximate surface area is 168 Å². The van der Waals surface area contributed by atoms with Crippen molar-refractivity contribution in [2.45, 2.75) is 0 Å². The van der Waals surface area contributed by atoms with E-state index < -0.39 is 0 Å². The quantitative estimate of drug-likeness (QED) is 0.409. The Morgan fingerprint density at radius 2 is 1.43 bits per heavy atom. The highest BCUT2D eigenvalue weighted by molar-refractivity contribution is 7.33. The number of pyridine rings is 1. The van der Waals surface area contributed by atoms with Crippen LogP contribution in [-0.2, 0) is 0 Å². The van der Waals surface area contributed by atoms with Crippen molar-refractivity contribution in [1.82, 2.24) is 4.98 Å². The fourth-order valence-electron chi connectivity index (χ4n) is 4.46. The number of hydrogen-bond donors (Lipinski definition) is 0. The minimum Gasteiger partial charge on any atom is -0.257 e. The maximum absolute atomic E-state index is 4.74. The summed E-state index contributed by atoms with van der Waals surface area (Å²) in [5, 5.41) is 1.34. The molecule has 6 rings (SSSR count). The van der Waals surface area contributed by atoms with Crippen LogP contribution in [-0.4, -0.2) is 11.7 Å². The summed E-state index contributed by atoms with van der Waals surface area (Å²) in [5.41, 5.74) is 7.70. The van der Waals surface area contributed by atoms with E-state index in [-0.39, 0.29) is 6.71 Å². The summed E-state index contributed by atoms with van der Waals surface area (Å²) in [5.74, 6) is 0. The number of aromatic nitrogens is 1. The molecule has 0 radical (unpaired) electrons. The minimum absolute atomic E-state index is 0.229. The van der Waals surface area contributed by atoms with Gasteiger partial charge in [-0.25, -0.2) is 0 Å². The van der Waals surface area contributed by atoms with Gasteiger partial charge >= 0.3 is 0 Å². The van der Waals surface area contributed by atoms with E-state index in [9.17, 15) is 0 Å². The number of thiophene rings is 1. The van der Waals surface area contributed by atoms with E-state index in [1.807, 2.05) is 17.5 Å². The van der Waals surface area contributed by atoms with Gasteiger partial charge in [0.05, 0.1) is 5.69 Å². The van der Waals surface area contributed by atoms with E-state index in [1.54, 1.807) is 0 Å². The first-order valence-electron chi connectivity index (χ1n) is 9.53. The fraction of sp³-hybridized carbons (Fsp3) is 0. The molecule has 0 N–H and O–H groups in total. The zero-order chi connectivity index (χ0) is 18.5. The van der Waals surface area contributed by atoms with Crippen molar-refractivity contribution < 1.29 is 0 Å². The number of rotatable bonds is 2. The molecule has 2 aromatic heterocycles. The topological polar surface area (TPSA) is 12.9 Å². The minimum atomic E-state index is 0.229. The predicted octanol–water partition coefficient (Wildman–Crippen LogP) is 4.46. The molecule has 0 fully saturated rings. The smallest absolute Gasteiger partial charge is 0.257 e. The molecule has 3 aromatic carbocycles. The lowest BCUT2D eigenvalue weighted by molar-refractivity contribution is 1.36. The number of hydrogen-bond acceptors (Lipinski definition) is 2. The first kappa shape index (κ1) is 15.9. The molecule has 5 aromatic rings.